The Morgan fingerprint density at radius 1 is 1.50 bits per heavy atom. The fraction of sp³-hybridized carbons (Fsp3) is 0.533. The van der Waals surface area contributed by atoms with Gasteiger partial charge in [0.05, 0.1) is 11.4 Å². The van der Waals surface area contributed by atoms with E-state index >= 15 is 0 Å². The molecule has 5 heteroatoms. The van der Waals surface area contributed by atoms with Crippen molar-refractivity contribution in [2.24, 2.45) is 0 Å². The van der Waals surface area contributed by atoms with Crippen LogP contribution in [0.5, 0.6) is 0 Å². The van der Waals surface area contributed by atoms with Gasteiger partial charge in [0.25, 0.3) is 0 Å². The second-order valence-electron chi connectivity index (χ2n) is 6.00. The number of hydrogen-bond donors (Lipinski definition) is 1. The Morgan fingerprint density at radius 2 is 2.20 bits per heavy atom. The molecule has 0 bridgehead atoms. The van der Waals surface area contributed by atoms with E-state index in [9.17, 15) is 4.79 Å². The molecule has 1 amide bonds. The number of carbonyl (C=O) groups is 1. The van der Waals surface area contributed by atoms with Gasteiger partial charge in [-0.15, -0.1) is 0 Å². The lowest BCUT2D eigenvalue weighted by Crippen LogP contribution is -2.46. The number of halogens is 1. The van der Waals surface area contributed by atoms with Crippen LogP contribution in [-0.2, 0) is 4.74 Å². The summed E-state index contributed by atoms with van der Waals surface area (Å²) in [5.74, 6) is 0. The van der Waals surface area contributed by atoms with Crippen molar-refractivity contribution in [1.29, 1.82) is 0 Å². The average Bonchev–Trinajstić information content (AvgIpc) is 2.35. The van der Waals surface area contributed by atoms with Gasteiger partial charge in [-0.25, -0.2) is 4.79 Å². The van der Waals surface area contributed by atoms with E-state index in [0.29, 0.717) is 6.54 Å². The maximum atomic E-state index is 12.4. The zero-order chi connectivity index (χ0) is 14.9. The molecule has 110 valence electrons. The van der Waals surface area contributed by atoms with Gasteiger partial charge in [-0.05, 0) is 45.4 Å². The highest BCUT2D eigenvalue weighted by atomic mass is 79.9. The number of benzene rings is 1. The van der Waals surface area contributed by atoms with Crippen LogP contribution in [0, 0.1) is 0 Å². The summed E-state index contributed by atoms with van der Waals surface area (Å²) >= 11 is 3.45. The zero-order valence-corrected chi connectivity index (χ0v) is 14.0. The predicted octanol–water partition coefficient (Wildman–Crippen LogP) is 4.39. The number of fused-ring (bicyclic) bond motifs is 1. The molecule has 0 aromatic heterocycles. The minimum Gasteiger partial charge on any atom is -0.443 e. The van der Waals surface area contributed by atoms with Crippen molar-refractivity contribution in [2.45, 2.75) is 45.8 Å². The second kappa shape index (κ2) is 5.64. The van der Waals surface area contributed by atoms with Gasteiger partial charge in [-0.3, -0.25) is 4.90 Å². The smallest absolute Gasteiger partial charge is 0.414 e. The molecule has 0 spiro atoms. The summed E-state index contributed by atoms with van der Waals surface area (Å²) in [5.41, 5.74) is 1.34. The van der Waals surface area contributed by atoms with Gasteiger partial charge in [-0.1, -0.05) is 22.9 Å². The van der Waals surface area contributed by atoms with Gasteiger partial charge in [0, 0.05) is 17.1 Å². The molecule has 1 N–H and O–H groups in total. The Labute approximate surface area is 128 Å². The topological polar surface area (TPSA) is 41.6 Å². The zero-order valence-electron chi connectivity index (χ0n) is 12.4. The second-order valence-corrected chi connectivity index (χ2v) is 6.92. The van der Waals surface area contributed by atoms with Crippen LogP contribution >= 0.6 is 15.9 Å². The molecule has 20 heavy (non-hydrogen) atoms. The van der Waals surface area contributed by atoms with E-state index in [1.807, 2.05) is 39.0 Å². The van der Waals surface area contributed by atoms with Crippen LogP contribution in [0.25, 0.3) is 0 Å². The third-order valence-electron chi connectivity index (χ3n) is 3.12. The molecule has 1 aromatic carbocycles. The van der Waals surface area contributed by atoms with Gasteiger partial charge >= 0.3 is 6.09 Å². The molecule has 0 aliphatic carbocycles. The van der Waals surface area contributed by atoms with Gasteiger partial charge < -0.3 is 10.1 Å². The van der Waals surface area contributed by atoms with Crippen molar-refractivity contribution in [2.75, 3.05) is 16.8 Å². The van der Waals surface area contributed by atoms with Crippen molar-refractivity contribution in [1.82, 2.24) is 0 Å². The quantitative estimate of drug-likeness (QED) is 0.823. The van der Waals surface area contributed by atoms with Crippen molar-refractivity contribution in [3.63, 3.8) is 0 Å². The van der Waals surface area contributed by atoms with Crippen molar-refractivity contribution in [3.05, 3.63) is 22.7 Å². The van der Waals surface area contributed by atoms with Gasteiger partial charge in [0.1, 0.15) is 5.60 Å². The van der Waals surface area contributed by atoms with Crippen LogP contribution in [-0.4, -0.2) is 24.3 Å². The third kappa shape index (κ3) is 3.45. The van der Waals surface area contributed by atoms with E-state index in [2.05, 4.69) is 28.2 Å². The van der Waals surface area contributed by atoms with Crippen LogP contribution in [0.3, 0.4) is 0 Å². The van der Waals surface area contributed by atoms with E-state index in [1.54, 1.807) is 4.90 Å². The van der Waals surface area contributed by atoms with E-state index < -0.39 is 5.60 Å². The highest BCUT2D eigenvalue weighted by Gasteiger charge is 2.30. The van der Waals surface area contributed by atoms with Crippen LogP contribution in [0.1, 0.15) is 34.1 Å². The summed E-state index contributed by atoms with van der Waals surface area (Å²) in [7, 11) is 0. The molecule has 1 atom stereocenters. The summed E-state index contributed by atoms with van der Waals surface area (Å²) in [6.07, 6.45) is 0.659. The molecule has 2 rings (SSSR count). The van der Waals surface area contributed by atoms with E-state index in [1.165, 1.54) is 0 Å². The molecular weight excluding hydrogens is 320 g/mol. The fourth-order valence-electron chi connectivity index (χ4n) is 2.16. The normalized spacial score (nSPS) is 18.2. The maximum Gasteiger partial charge on any atom is 0.414 e. The molecule has 1 aliphatic rings. The number of amides is 1. The first kappa shape index (κ1) is 15.2. The van der Waals surface area contributed by atoms with Crippen molar-refractivity contribution >= 4 is 33.4 Å². The van der Waals surface area contributed by atoms with E-state index in [-0.39, 0.29) is 12.1 Å². The molecule has 1 aromatic rings. The Balaban J connectivity index is 2.32. The Kier molecular flexibility index (Phi) is 4.28. The SMILES string of the molecule is CCC1CN(C(=O)OC(C)(C)C)c2cc(Br)ccc2N1. The number of carbonyl (C=O) groups excluding carboxylic acids is 1. The van der Waals surface area contributed by atoms with Crippen LogP contribution < -0.4 is 10.2 Å². The first-order chi connectivity index (χ1) is 9.30. The maximum absolute atomic E-state index is 12.4. The lowest BCUT2D eigenvalue weighted by atomic mass is 10.1. The van der Waals surface area contributed by atoms with Crippen molar-refractivity contribution < 1.29 is 9.53 Å². The number of hydrogen-bond acceptors (Lipinski definition) is 3. The molecule has 1 heterocycles. The fourth-order valence-corrected chi connectivity index (χ4v) is 2.50. The van der Waals surface area contributed by atoms with E-state index in [4.69, 9.17) is 4.74 Å². The monoisotopic (exact) mass is 340 g/mol. The number of nitrogens with zero attached hydrogens (tertiary/aromatic N) is 1. The third-order valence-corrected chi connectivity index (χ3v) is 3.61. The summed E-state index contributed by atoms with van der Waals surface area (Å²) in [5, 5.41) is 3.45. The molecule has 0 saturated heterocycles. The largest absolute Gasteiger partial charge is 0.443 e. The number of rotatable bonds is 1. The first-order valence-corrected chi connectivity index (χ1v) is 7.66. The lowest BCUT2D eigenvalue weighted by molar-refractivity contribution is 0.0577. The summed E-state index contributed by atoms with van der Waals surface area (Å²) in [6.45, 7) is 8.37. The molecule has 4 nitrogen and oxygen atoms in total. The van der Waals surface area contributed by atoms with Gasteiger partial charge in [0.15, 0.2) is 0 Å². The van der Waals surface area contributed by atoms with Crippen LogP contribution in [0.4, 0.5) is 16.2 Å². The summed E-state index contributed by atoms with van der Waals surface area (Å²) < 4.78 is 6.46. The van der Waals surface area contributed by atoms with Gasteiger partial charge in [0.2, 0.25) is 0 Å². The standard InChI is InChI=1S/C15H21BrN2O2/c1-5-11-9-18(14(19)20-15(2,3)4)13-8-10(16)6-7-12(13)17-11/h6-8,11,17H,5,9H2,1-4H3. The minimum absolute atomic E-state index is 0.246. The van der Waals surface area contributed by atoms with Gasteiger partial charge in [-0.2, -0.15) is 0 Å². The molecule has 1 aliphatic heterocycles. The molecule has 0 radical (unpaired) electrons. The number of anilines is 2. The Bertz CT molecular complexity index is 511. The van der Waals surface area contributed by atoms with Crippen molar-refractivity contribution in [3.8, 4) is 0 Å². The Hall–Kier alpha value is -1.23. The molecule has 0 saturated carbocycles. The number of ether oxygens (including phenoxy) is 1. The molecular formula is C15H21BrN2O2. The highest BCUT2D eigenvalue weighted by Crippen LogP contribution is 2.34. The predicted molar refractivity (Wildman–Crippen MR) is 85.4 cm³/mol. The average molecular weight is 341 g/mol. The number of nitrogens with one attached hydrogen (secondary N) is 1. The van der Waals surface area contributed by atoms with E-state index in [0.717, 1.165) is 22.3 Å². The van der Waals surface area contributed by atoms with Crippen LogP contribution in [0.15, 0.2) is 22.7 Å². The van der Waals surface area contributed by atoms with Crippen LogP contribution in [0.2, 0.25) is 0 Å². The summed E-state index contributed by atoms with van der Waals surface area (Å²) in [4.78, 5) is 14.1. The lowest BCUT2D eigenvalue weighted by Gasteiger charge is -2.36. The minimum atomic E-state index is -0.490. The highest BCUT2D eigenvalue weighted by molar-refractivity contribution is 9.10. The molecule has 1 unspecified atom stereocenters. The molecule has 0 fully saturated rings. The summed E-state index contributed by atoms with van der Waals surface area (Å²) in [6, 6.07) is 6.14. The first-order valence-electron chi connectivity index (χ1n) is 6.87. The Morgan fingerprint density at radius 3 is 2.80 bits per heavy atom.